The van der Waals surface area contributed by atoms with Crippen LogP contribution in [0.5, 0.6) is 0 Å². The molecule has 1 aromatic heterocycles. The lowest BCUT2D eigenvalue weighted by Crippen LogP contribution is -2.55. The van der Waals surface area contributed by atoms with Crippen molar-refractivity contribution in [2.24, 2.45) is 11.8 Å². The molecular formula is C35H51N5O4. The maximum absolute atomic E-state index is 14.5. The smallest absolute Gasteiger partial charge is 0.337 e. The standard InChI is InChI=1S/C35H51N5O4/c1-4-27-24-39-21-15-35(32(39)23-28(27)29(25-43-2)33(41)44-3)30-13-8-9-14-31(30)40(34(35)42)20-11-7-5-6-10-16-36-17-12-19-38-22-18-37-26-38/h8-9,13-14,18,22,25-28,32,36H,4-7,10-12,15-17,19-21,23-24H2,1-3H3/b29-25+/t27-,28-,32+,35+/m0/s1. The Bertz CT molecular complexity index is 1260. The van der Waals surface area contributed by atoms with Gasteiger partial charge in [-0.15, -0.1) is 0 Å². The number of para-hydroxylation sites is 1. The molecule has 0 unspecified atom stereocenters. The Balaban J connectivity index is 1.16. The Hall–Kier alpha value is -3.17. The van der Waals surface area contributed by atoms with Crippen molar-refractivity contribution in [1.29, 1.82) is 0 Å². The van der Waals surface area contributed by atoms with Crippen LogP contribution in [0.2, 0.25) is 0 Å². The molecule has 5 rings (SSSR count). The number of carbonyl (C=O) groups excluding carboxylic acids is 2. The number of nitrogens with zero attached hydrogens (tertiary/aromatic N) is 4. The number of hydrogen-bond donors (Lipinski definition) is 1. The van der Waals surface area contributed by atoms with Gasteiger partial charge in [-0.05, 0) is 75.2 Å². The number of piperidine rings is 1. The van der Waals surface area contributed by atoms with Crippen molar-refractivity contribution in [3.63, 3.8) is 0 Å². The summed E-state index contributed by atoms with van der Waals surface area (Å²) in [5, 5.41) is 3.56. The number of nitrogens with one attached hydrogen (secondary N) is 1. The van der Waals surface area contributed by atoms with E-state index in [0.717, 1.165) is 83.5 Å². The number of hydrogen-bond acceptors (Lipinski definition) is 7. The summed E-state index contributed by atoms with van der Waals surface area (Å²) in [6, 6.07) is 8.48. The molecule has 1 spiro atoms. The minimum Gasteiger partial charge on any atom is -0.504 e. The van der Waals surface area contributed by atoms with Gasteiger partial charge in [0.25, 0.3) is 0 Å². The van der Waals surface area contributed by atoms with Crippen molar-refractivity contribution in [1.82, 2.24) is 19.8 Å². The molecular weight excluding hydrogens is 554 g/mol. The minimum atomic E-state index is -0.564. The number of anilines is 1. The third-order valence-electron chi connectivity index (χ3n) is 10.3. The summed E-state index contributed by atoms with van der Waals surface area (Å²) in [5.41, 5.74) is 2.27. The van der Waals surface area contributed by atoms with Crippen molar-refractivity contribution in [3.8, 4) is 0 Å². The van der Waals surface area contributed by atoms with Gasteiger partial charge in [0.2, 0.25) is 5.91 Å². The van der Waals surface area contributed by atoms with Gasteiger partial charge in [-0.1, -0.05) is 50.8 Å². The van der Waals surface area contributed by atoms with E-state index in [1.807, 2.05) is 18.7 Å². The quantitative estimate of drug-likeness (QED) is 0.126. The second-order valence-corrected chi connectivity index (χ2v) is 12.7. The molecule has 0 radical (unpaired) electrons. The van der Waals surface area contributed by atoms with Crippen LogP contribution >= 0.6 is 0 Å². The molecule has 2 fully saturated rings. The van der Waals surface area contributed by atoms with Crippen LogP contribution in [0.4, 0.5) is 5.69 Å². The Morgan fingerprint density at radius 3 is 2.66 bits per heavy atom. The molecule has 2 saturated heterocycles. The van der Waals surface area contributed by atoms with Crippen LogP contribution < -0.4 is 10.2 Å². The number of methoxy groups -OCH3 is 2. The molecule has 4 atom stereocenters. The first kappa shape index (κ1) is 32.2. The highest BCUT2D eigenvalue weighted by atomic mass is 16.5. The average Bonchev–Trinajstić information content (AvgIpc) is 3.76. The van der Waals surface area contributed by atoms with E-state index in [0.29, 0.717) is 11.5 Å². The van der Waals surface area contributed by atoms with E-state index in [2.05, 4.69) is 55.9 Å². The largest absolute Gasteiger partial charge is 0.504 e. The fourth-order valence-corrected chi connectivity index (χ4v) is 8.03. The van der Waals surface area contributed by atoms with Gasteiger partial charge in [0.1, 0.15) is 0 Å². The second kappa shape index (κ2) is 15.2. The first-order chi connectivity index (χ1) is 21.5. The molecule has 9 nitrogen and oxygen atoms in total. The summed E-state index contributed by atoms with van der Waals surface area (Å²) in [4.78, 5) is 36.0. The fraction of sp³-hybridized carbons (Fsp3) is 0.629. The molecule has 4 heterocycles. The van der Waals surface area contributed by atoms with Crippen LogP contribution in [0, 0.1) is 11.8 Å². The third-order valence-corrected chi connectivity index (χ3v) is 10.3. The normalized spacial score (nSPS) is 25.0. The van der Waals surface area contributed by atoms with Gasteiger partial charge in [-0.3, -0.25) is 9.69 Å². The number of fused-ring (bicyclic) bond motifs is 4. The number of aromatic nitrogens is 2. The Labute approximate surface area is 263 Å². The number of imidazole rings is 1. The number of esters is 1. The van der Waals surface area contributed by atoms with Gasteiger partial charge in [0, 0.05) is 43.8 Å². The first-order valence-corrected chi connectivity index (χ1v) is 16.7. The molecule has 1 amide bonds. The van der Waals surface area contributed by atoms with Crippen LogP contribution in [-0.2, 0) is 31.0 Å². The van der Waals surface area contributed by atoms with Gasteiger partial charge in [0.15, 0.2) is 0 Å². The predicted octanol–water partition coefficient (Wildman–Crippen LogP) is 4.92. The lowest BCUT2D eigenvalue weighted by atomic mass is 9.67. The Morgan fingerprint density at radius 2 is 1.89 bits per heavy atom. The molecule has 240 valence electrons. The summed E-state index contributed by atoms with van der Waals surface area (Å²) < 4.78 is 12.6. The molecule has 9 heteroatoms. The number of rotatable bonds is 16. The molecule has 1 aromatic carbocycles. The van der Waals surface area contributed by atoms with E-state index in [1.165, 1.54) is 31.9 Å². The minimum absolute atomic E-state index is 0.0104. The zero-order chi connectivity index (χ0) is 30.9. The molecule has 0 saturated carbocycles. The van der Waals surface area contributed by atoms with Gasteiger partial charge in [-0.2, -0.15) is 0 Å². The van der Waals surface area contributed by atoms with Crippen LogP contribution in [0.25, 0.3) is 0 Å². The highest BCUT2D eigenvalue weighted by Crippen LogP contribution is 2.55. The maximum atomic E-state index is 14.5. The zero-order valence-corrected chi connectivity index (χ0v) is 26.9. The van der Waals surface area contributed by atoms with E-state index in [9.17, 15) is 9.59 Å². The summed E-state index contributed by atoms with van der Waals surface area (Å²) in [6.45, 7) is 7.81. The van der Waals surface area contributed by atoms with Crippen molar-refractivity contribution in [2.45, 2.75) is 82.7 Å². The second-order valence-electron chi connectivity index (χ2n) is 12.7. The van der Waals surface area contributed by atoms with Crippen molar-refractivity contribution in [2.75, 3.05) is 51.8 Å². The molecule has 2 aromatic rings. The number of benzene rings is 1. The number of aryl methyl sites for hydroxylation is 1. The van der Waals surface area contributed by atoms with Crippen LogP contribution in [0.15, 0.2) is 54.8 Å². The highest BCUT2D eigenvalue weighted by molar-refractivity contribution is 6.09. The number of ether oxygens (including phenoxy) is 2. The maximum Gasteiger partial charge on any atom is 0.337 e. The summed E-state index contributed by atoms with van der Waals surface area (Å²) in [5.74, 6) is 0.207. The summed E-state index contributed by atoms with van der Waals surface area (Å²) in [7, 11) is 3.00. The van der Waals surface area contributed by atoms with E-state index in [4.69, 9.17) is 9.47 Å². The first-order valence-electron chi connectivity index (χ1n) is 16.7. The lowest BCUT2D eigenvalue weighted by Gasteiger charge is -2.45. The van der Waals surface area contributed by atoms with Crippen LogP contribution in [0.3, 0.4) is 0 Å². The molecule has 1 N–H and O–H groups in total. The van der Waals surface area contributed by atoms with Crippen LogP contribution in [-0.4, -0.2) is 79.3 Å². The van der Waals surface area contributed by atoms with Gasteiger partial charge in [-0.25, -0.2) is 9.78 Å². The predicted molar refractivity (Wildman–Crippen MR) is 172 cm³/mol. The van der Waals surface area contributed by atoms with Gasteiger partial charge < -0.3 is 24.3 Å². The molecule has 0 bridgehead atoms. The summed E-state index contributed by atoms with van der Waals surface area (Å²) >= 11 is 0. The number of amides is 1. The van der Waals surface area contributed by atoms with E-state index in [1.54, 1.807) is 13.4 Å². The molecule has 3 aliphatic heterocycles. The third kappa shape index (κ3) is 6.59. The number of unbranched alkanes of at least 4 members (excludes halogenated alkanes) is 4. The Kier molecular flexibility index (Phi) is 11.1. The van der Waals surface area contributed by atoms with Crippen molar-refractivity contribution < 1.29 is 19.1 Å². The van der Waals surface area contributed by atoms with E-state index >= 15 is 0 Å². The lowest BCUT2D eigenvalue weighted by molar-refractivity contribution is -0.137. The molecule has 0 aliphatic carbocycles. The van der Waals surface area contributed by atoms with Crippen molar-refractivity contribution in [3.05, 3.63) is 60.4 Å². The fourth-order valence-electron chi connectivity index (χ4n) is 8.03. The van der Waals surface area contributed by atoms with E-state index in [-0.39, 0.29) is 23.8 Å². The monoisotopic (exact) mass is 605 g/mol. The topological polar surface area (TPSA) is 88.9 Å². The van der Waals surface area contributed by atoms with Gasteiger partial charge >= 0.3 is 5.97 Å². The SMILES string of the molecule is CC[C@H]1CN2CC[C@]3(C(=O)N(CCCCCCCNCCCn4ccnc4)c4ccccc43)[C@H]2C[C@@H]1/C(=C\OC)C(=O)OC. The average molecular weight is 606 g/mol. The Morgan fingerprint density at radius 1 is 1.09 bits per heavy atom. The van der Waals surface area contributed by atoms with Crippen molar-refractivity contribution >= 4 is 17.6 Å². The number of carbonyl (C=O) groups is 2. The zero-order valence-electron chi connectivity index (χ0n) is 26.9. The molecule has 44 heavy (non-hydrogen) atoms. The van der Waals surface area contributed by atoms with Crippen LogP contribution in [0.1, 0.15) is 70.3 Å². The molecule has 3 aliphatic rings. The highest BCUT2D eigenvalue weighted by Gasteiger charge is 2.62. The van der Waals surface area contributed by atoms with Gasteiger partial charge in [0.05, 0.1) is 37.8 Å². The summed E-state index contributed by atoms with van der Waals surface area (Å²) in [6.07, 6.45) is 16.6. The van der Waals surface area contributed by atoms with E-state index < -0.39 is 5.41 Å².